The third-order valence-electron chi connectivity index (χ3n) is 4.59. The van der Waals surface area contributed by atoms with E-state index in [1.54, 1.807) is 20.2 Å². The summed E-state index contributed by atoms with van der Waals surface area (Å²) in [6.07, 6.45) is 0. The highest BCUT2D eigenvalue weighted by atomic mass is 16.5. The lowest BCUT2D eigenvalue weighted by Crippen LogP contribution is -2.35. The van der Waals surface area contributed by atoms with Gasteiger partial charge in [-0.3, -0.25) is 9.59 Å². The fourth-order valence-electron chi connectivity index (χ4n) is 3.06. The molecule has 0 atom stereocenters. The number of carbonyl (C=O) groups excluding carboxylic acids is 1. The number of nitrogens with zero attached hydrogens (tertiary/aromatic N) is 2. The van der Waals surface area contributed by atoms with E-state index >= 15 is 0 Å². The number of likely N-dealkylation sites (N-methyl/N-ethyl adjacent to an activating group) is 1. The summed E-state index contributed by atoms with van der Waals surface area (Å²) in [6.45, 7) is 3.77. The summed E-state index contributed by atoms with van der Waals surface area (Å²) in [4.78, 5) is 27.2. The molecule has 0 unspecified atom stereocenters. The number of ether oxygens (including phenoxy) is 1. The Morgan fingerprint density at radius 1 is 1.12 bits per heavy atom. The number of benzene rings is 2. The van der Waals surface area contributed by atoms with Crippen LogP contribution in [0.15, 0.2) is 53.3 Å². The van der Waals surface area contributed by atoms with Crippen molar-refractivity contribution < 1.29 is 9.53 Å². The number of aryl methyl sites for hydroxylation is 2. The van der Waals surface area contributed by atoms with Gasteiger partial charge in [0.05, 0.1) is 12.8 Å². The summed E-state index contributed by atoms with van der Waals surface area (Å²) >= 11 is 0. The number of carbonyl (C=O) groups is 1. The van der Waals surface area contributed by atoms with Crippen LogP contribution in [-0.2, 0) is 11.3 Å². The maximum absolute atomic E-state index is 12.8. The second kappa shape index (κ2) is 7.04. The fraction of sp³-hybridized carbons (Fsp3) is 0.238. The van der Waals surface area contributed by atoms with Gasteiger partial charge in [-0.25, -0.2) is 0 Å². The fourth-order valence-corrected chi connectivity index (χ4v) is 3.06. The summed E-state index contributed by atoms with van der Waals surface area (Å²) in [5.41, 5.74) is 2.31. The molecular weight excluding hydrogens is 328 g/mol. The molecule has 2 aromatic carbocycles. The van der Waals surface area contributed by atoms with Crippen LogP contribution in [-0.4, -0.2) is 24.6 Å². The molecule has 134 valence electrons. The van der Waals surface area contributed by atoms with E-state index in [1.807, 2.05) is 56.3 Å². The summed E-state index contributed by atoms with van der Waals surface area (Å²) < 4.78 is 6.88. The van der Waals surface area contributed by atoms with Crippen LogP contribution in [0.25, 0.3) is 10.8 Å². The smallest absolute Gasteiger partial charge is 0.259 e. The minimum atomic E-state index is -0.186. The molecule has 3 aromatic rings. The maximum Gasteiger partial charge on any atom is 0.259 e. The number of aromatic nitrogens is 1. The largest absolute Gasteiger partial charge is 0.495 e. The maximum atomic E-state index is 12.8. The van der Waals surface area contributed by atoms with Crippen molar-refractivity contribution in [1.82, 2.24) is 4.57 Å². The van der Waals surface area contributed by atoms with Crippen LogP contribution in [0.5, 0.6) is 5.75 Å². The van der Waals surface area contributed by atoms with Gasteiger partial charge < -0.3 is 14.2 Å². The van der Waals surface area contributed by atoms with Crippen LogP contribution >= 0.6 is 0 Å². The molecule has 0 spiro atoms. The van der Waals surface area contributed by atoms with Crippen molar-refractivity contribution in [3.8, 4) is 5.75 Å². The van der Waals surface area contributed by atoms with Crippen LogP contribution in [0, 0.1) is 13.8 Å². The highest BCUT2D eigenvalue weighted by molar-refractivity contribution is 5.94. The SMILES string of the molecule is COc1ccc(C)cc1N(C)C(=O)Cn1c(C)cc2ccccc2c1=O. The second-order valence-corrected chi connectivity index (χ2v) is 6.39. The molecule has 5 heteroatoms. The predicted octanol–water partition coefficient (Wildman–Crippen LogP) is 3.29. The molecule has 3 rings (SSSR count). The Morgan fingerprint density at radius 3 is 2.58 bits per heavy atom. The van der Waals surface area contributed by atoms with Gasteiger partial charge in [0.15, 0.2) is 0 Å². The van der Waals surface area contributed by atoms with Gasteiger partial charge in [-0.05, 0) is 49.1 Å². The Kier molecular flexibility index (Phi) is 4.80. The van der Waals surface area contributed by atoms with E-state index < -0.39 is 0 Å². The molecule has 26 heavy (non-hydrogen) atoms. The van der Waals surface area contributed by atoms with Crippen LogP contribution in [0.2, 0.25) is 0 Å². The van der Waals surface area contributed by atoms with Gasteiger partial charge in [-0.2, -0.15) is 0 Å². The van der Waals surface area contributed by atoms with Crippen molar-refractivity contribution in [3.05, 3.63) is 70.1 Å². The summed E-state index contributed by atoms with van der Waals surface area (Å²) in [7, 11) is 3.27. The van der Waals surface area contributed by atoms with Crippen molar-refractivity contribution >= 4 is 22.4 Å². The Hall–Kier alpha value is -3.08. The average Bonchev–Trinajstić information content (AvgIpc) is 2.64. The molecule has 0 aliphatic carbocycles. The highest BCUT2D eigenvalue weighted by Crippen LogP contribution is 2.28. The van der Waals surface area contributed by atoms with Gasteiger partial charge in [-0.15, -0.1) is 0 Å². The Labute approximate surface area is 152 Å². The standard InChI is InChI=1S/C21H22N2O3/c1-14-9-10-19(26-4)18(11-14)22(3)20(24)13-23-15(2)12-16-7-5-6-8-17(16)21(23)25/h5-12H,13H2,1-4H3. The monoisotopic (exact) mass is 350 g/mol. The van der Waals surface area contributed by atoms with Gasteiger partial charge in [0, 0.05) is 18.1 Å². The first-order chi connectivity index (χ1) is 12.4. The summed E-state index contributed by atoms with van der Waals surface area (Å²) in [5, 5.41) is 1.49. The predicted molar refractivity (Wildman–Crippen MR) is 104 cm³/mol. The molecular formula is C21H22N2O3. The van der Waals surface area contributed by atoms with Gasteiger partial charge in [0.2, 0.25) is 5.91 Å². The summed E-state index contributed by atoms with van der Waals surface area (Å²) in [6, 6.07) is 15.0. The van der Waals surface area contributed by atoms with E-state index in [1.165, 1.54) is 9.47 Å². The van der Waals surface area contributed by atoms with Gasteiger partial charge in [-0.1, -0.05) is 24.3 Å². The van der Waals surface area contributed by atoms with Crippen molar-refractivity contribution in [1.29, 1.82) is 0 Å². The molecule has 1 amide bonds. The lowest BCUT2D eigenvalue weighted by atomic mass is 10.1. The zero-order valence-corrected chi connectivity index (χ0v) is 15.4. The lowest BCUT2D eigenvalue weighted by Gasteiger charge is -2.22. The topological polar surface area (TPSA) is 51.5 Å². The first-order valence-corrected chi connectivity index (χ1v) is 8.42. The van der Waals surface area contributed by atoms with E-state index in [2.05, 4.69) is 0 Å². The van der Waals surface area contributed by atoms with E-state index in [4.69, 9.17) is 4.74 Å². The zero-order chi connectivity index (χ0) is 18.8. The second-order valence-electron chi connectivity index (χ2n) is 6.39. The van der Waals surface area contributed by atoms with E-state index in [0.29, 0.717) is 16.8 Å². The molecule has 0 saturated carbocycles. The van der Waals surface area contributed by atoms with E-state index in [9.17, 15) is 9.59 Å². The van der Waals surface area contributed by atoms with Crippen molar-refractivity contribution in [3.63, 3.8) is 0 Å². The molecule has 0 fully saturated rings. The minimum Gasteiger partial charge on any atom is -0.495 e. The first kappa shape index (κ1) is 17.7. The molecule has 0 saturated heterocycles. The number of amides is 1. The zero-order valence-electron chi connectivity index (χ0n) is 15.4. The number of hydrogen-bond acceptors (Lipinski definition) is 3. The number of hydrogen-bond donors (Lipinski definition) is 0. The van der Waals surface area contributed by atoms with Crippen LogP contribution in [0.1, 0.15) is 11.3 Å². The average molecular weight is 350 g/mol. The normalized spacial score (nSPS) is 10.8. The van der Waals surface area contributed by atoms with Crippen LogP contribution in [0.4, 0.5) is 5.69 Å². The Morgan fingerprint density at radius 2 is 1.85 bits per heavy atom. The number of anilines is 1. The number of methoxy groups -OCH3 is 1. The van der Waals surface area contributed by atoms with E-state index in [-0.39, 0.29) is 18.0 Å². The lowest BCUT2D eigenvalue weighted by molar-refractivity contribution is -0.119. The molecule has 0 bridgehead atoms. The Balaban J connectivity index is 1.97. The molecule has 0 radical (unpaired) electrons. The number of fused-ring (bicyclic) bond motifs is 1. The van der Waals surface area contributed by atoms with E-state index in [0.717, 1.165) is 16.6 Å². The molecule has 1 aromatic heterocycles. The minimum absolute atomic E-state index is 0.0247. The quantitative estimate of drug-likeness (QED) is 0.725. The van der Waals surface area contributed by atoms with Crippen molar-refractivity contribution in [2.45, 2.75) is 20.4 Å². The van der Waals surface area contributed by atoms with Gasteiger partial charge in [0.1, 0.15) is 12.3 Å². The number of pyridine rings is 1. The van der Waals surface area contributed by atoms with Crippen LogP contribution in [0.3, 0.4) is 0 Å². The summed E-state index contributed by atoms with van der Waals surface area (Å²) in [5.74, 6) is 0.434. The third kappa shape index (κ3) is 3.20. The third-order valence-corrected chi connectivity index (χ3v) is 4.59. The van der Waals surface area contributed by atoms with Crippen molar-refractivity contribution in [2.24, 2.45) is 0 Å². The number of rotatable bonds is 4. The molecule has 0 N–H and O–H groups in total. The van der Waals surface area contributed by atoms with Crippen molar-refractivity contribution in [2.75, 3.05) is 19.1 Å². The molecule has 0 aliphatic heterocycles. The Bertz CT molecular complexity index is 1040. The first-order valence-electron chi connectivity index (χ1n) is 8.42. The van der Waals surface area contributed by atoms with Crippen LogP contribution < -0.4 is 15.2 Å². The van der Waals surface area contributed by atoms with Gasteiger partial charge in [0.25, 0.3) is 5.56 Å². The molecule has 0 aliphatic rings. The van der Waals surface area contributed by atoms with Gasteiger partial charge >= 0.3 is 0 Å². The highest BCUT2D eigenvalue weighted by Gasteiger charge is 2.18. The molecule has 1 heterocycles. The molecule has 5 nitrogen and oxygen atoms in total.